The van der Waals surface area contributed by atoms with Crippen molar-refractivity contribution in [2.24, 2.45) is 0 Å². The molecule has 2 rings (SSSR count). The van der Waals surface area contributed by atoms with Crippen LogP contribution in [0.1, 0.15) is 17.2 Å². The van der Waals surface area contributed by atoms with Gasteiger partial charge in [-0.3, -0.25) is 9.59 Å². The summed E-state index contributed by atoms with van der Waals surface area (Å²) < 4.78 is 0. The normalized spacial score (nSPS) is 21.0. The molecule has 1 aromatic carbocycles. The Balaban J connectivity index is 2.33. The number of nitrogens with zero attached hydrogens (tertiary/aromatic N) is 2. The smallest absolute Gasteiger partial charge is 0.312 e. The molecule has 0 bridgehead atoms. The van der Waals surface area contributed by atoms with Crippen molar-refractivity contribution in [1.29, 1.82) is 0 Å². The van der Waals surface area contributed by atoms with Crippen molar-refractivity contribution >= 4 is 11.8 Å². The fraction of sp³-hybridized carbons (Fsp3) is 0.385. The van der Waals surface area contributed by atoms with Gasteiger partial charge in [-0.2, -0.15) is 0 Å². The predicted octanol–water partition coefficient (Wildman–Crippen LogP) is 0.967. The van der Waals surface area contributed by atoms with Crippen LogP contribution in [-0.4, -0.2) is 42.3 Å². The maximum atomic E-state index is 11.7. The van der Waals surface area contributed by atoms with E-state index in [1.807, 2.05) is 25.1 Å². The Morgan fingerprint density at radius 3 is 2.53 bits per heavy atom. The van der Waals surface area contributed by atoms with Crippen LogP contribution < -0.4 is 0 Å². The van der Waals surface area contributed by atoms with E-state index in [0.29, 0.717) is 6.54 Å². The molecule has 4 nitrogen and oxygen atoms in total. The van der Waals surface area contributed by atoms with Crippen LogP contribution >= 0.6 is 0 Å². The van der Waals surface area contributed by atoms with Crippen molar-refractivity contribution in [2.75, 3.05) is 20.6 Å². The summed E-state index contributed by atoms with van der Waals surface area (Å²) in [4.78, 5) is 26.3. The van der Waals surface area contributed by atoms with Gasteiger partial charge in [0.2, 0.25) is 0 Å². The topological polar surface area (TPSA) is 40.6 Å². The van der Waals surface area contributed by atoms with Gasteiger partial charge in [0.25, 0.3) is 0 Å². The van der Waals surface area contributed by atoms with Gasteiger partial charge in [-0.1, -0.05) is 29.8 Å². The molecule has 1 aliphatic rings. The number of likely N-dealkylation sites (N-methyl/N-ethyl adjacent to an activating group) is 2. The maximum Gasteiger partial charge on any atom is 0.312 e. The van der Waals surface area contributed by atoms with E-state index in [-0.39, 0.29) is 6.04 Å². The first-order valence-electron chi connectivity index (χ1n) is 5.59. The van der Waals surface area contributed by atoms with E-state index in [9.17, 15) is 9.59 Å². The third-order valence-electron chi connectivity index (χ3n) is 3.19. The zero-order valence-electron chi connectivity index (χ0n) is 10.3. The van der Waals surface area contributed by atoms with E-state index in [1.165, 1.54) is 9.80 Å². The summed E-state index contributed by atoms with van der Waals surface area (Å²) in [7, 11) is 3.34. The number of hydrogen-bond acceptors (Lipinski definition) is 2. The number of rotatable bonds is 1. The van der Waals surface area contributed by atoms with E-state index >= 15 is 0 Å². The largest absolute Gasteiger partial charge is 0.335 e. The van der Waals surface area contributed by atoms with Crippen LogP contribution in [0.5, 0.6) is 0 Å². The van der Waals surface area contributed by atoms with E-state index in [0.717, 1.165) is 11.1 Å². The molecule has 4 heteroatoms. The van der Waals surface area contributed by atoms with E-state index < -0.39 is 11.8 Å². The fourth-order valence-corrected chi connectivity index (χ4v) is 2.13. The van der Waals surface area contributed by atoms with Crippen molar-refractivity contribution in [3.05, 3.63) is 35.4 Å². The van der Waals surface area contributed by atoms with Crippen LogP contribution in [-0.2, 0) is 9.59 Å². The lowest BCUT2D eigenvalue weighted by atomic mass is 10.0. The lowest BCUT2D eigenvalue weighted by Gasteiger charge is -2.37. The minimum Gasteiger partial charge on any atom is -0.335 e. The summed E-state index contributed by atoms with van der Waals surface area (Å²) in [5, 5.41) is 0. The highest BCUT2D eigenvalue weighted by Gasteiger charge is 2.35. The first-order chi connectivity index (χ1) is 8.00. The van der Waals surface area contributed by atoms with Crippen LogP contribution in [0.3, 0.4) is 0 Å². The van der Waals surface area contributed by atoms with Gasteiger partial charge in [-0.05, 0) is 12.5 Å². The molecule has 1 aromatic rings. The predicted molar refractivity (Wildman–Crippen MR) is 64.3 cm³/mol. The highest BCUT2D eigenvalue weighted by molar-refractivity contribution is 6.35. The molecule has 0 saturated carbocycles. The van der Waals surface area contributed by atoms with Crippen molar-refractivity contribution < 1.29 is 9.59 Å². The van der Waals surface area contributed by atoms with Crippen molar-refractivity contribution in [1.82, 2.24) is 9.80 Å². The number of carbonyl (C=O) groups excluding carboxylic acids is 2. The summed E-state index contributed by atoms with van der Waals surface area (Å²) in [5.41, 5.74) is 2.23. The van der Waals surface area contributed by atoms with Crippen LogP contribution in [0, 0.1) is 6.92 Å². The quantitative estimate of drug-likeness (QED) is 0.677. The van der Waals surface area contributed by atoms with Gasteiger partial charge in [-0.15, -0.1) is 0 Å². The molecule has 0 radical (unpaired) electrons. The Labute approximate surface area is 101 Å². The molecule has 1 heterocycles. The molecule has 0 N–H and O–H groups in total. The zero-order chi connectivity index (χ0) is 12.6. The maximum absolute atomic E-state index is 11.7. The number of aryl methyl sites for hydroxylation is 1. The highest BCUT2D eigenvalue weighted by atomic mass is 16.2. The van der Waals surface area contributed by atoms with Gasteiger partial charge in [0, 0.05) is 20.6 Å². The standard InChI is InChI=1S/C13H16N2O2/c1-9-5-4-6-10(7-9)11-8-14(2)12(16)13(17)15(11)3/h4-7,11H,8H2,1-3H3. The number of amides is 2. The fourth-order valence-electron chi connectivity index (χ4n) is 2.13. The lowest BCUT2D eigenvalue weighted by molar-refractivity contribution is -0.156. The summed E-state index contributed by atoms with van der Waals surface area (Å²) in [6.45, 7) is 2.56. The first-order valence-corrected chi connectivity index (χ1v) is 5.59. The van der Waals surface area contributed by atoms with Gasteiger partial charge in [0.1, 0.15) is 0 Å². The van der Waals surface area contributed by atoms with E-state index in [1.54, 1.807) is 14.1 Å². The van der Waals surface area contributed by atoms with Gasteiger partial charge in [-0.25, -0.2) is 0 Å². The molecule has 1 atom stereocenters. The van der Waals surface area contributed by atoms with Crippen LogP contribution in [0.2, 0.25) is 0 Å². The molecule has 0 aromatic heterocycles. The second-order valence-electron chi connectivity index (χ2n) is 4.53. The van der Waals surface area contributed by atoms with Gasteiger partial charge in [0.15, 0.2) is 0 Å². The Morgan fingerprint density at radius 1 is 1.18 bits per heavy atom. The average Bonchev–Trinajstić information content (AvgIpc) is 2.31. The molecule has 1 saturated heterocycles. The minimum atomic E-state index is -0.440. The molecule has 0 spiro atoms. The molecule has 0 aliphatic carbocycles. The number of hydrogen-bond donors (Lipinski definition) is 0. The van der Waals surface area contributed by atoms with Gasteiger partial charge >= 0.3 is 11.8 Å². The first kappa shape index (κ1) is 11.6. The molecule has 90 valence electrons. The summed E-state index contributed by atoms with van der Waals surface area (Å²) in [6, 6.07) is 7.98. The van der Waals surface area contributed by atoms with Crippen molar-refractivity contribution in [2.45, 2.75) is 13.0 Å². The molecule has 17 heavy (non-hydrogen) atoms. The Bertz CT molecular complexity index is 470. The average molecular weight is 232 g/mol. The van der Waals surface area contributed by atoms with E-state index in [2.05, 4.69) is 6.07 Å². The summed E-state index contributed by atoms with van der Waals surface area (Å²) in [5.74, 6) is -0.873. The second-order valence-corrected chi connectivity index (χ2v) is 4.53. The molecule has 2 amide bonds. The summed E-state index contributed by atoms with van der Waals surface area (Å²) >= 11 is 0. The Morgan fingerprint density at radius 2 is 1.88 bits per heavy atom. The third kappa shape index (κ3) is 2.02. The van der Waals surface area contributed by atoms with Crippen LogP contribution in [0.25, 0.3) is 0 Å². The van der Waals surface area contributed by atoms with Crippen molar-refractivity contribution in [3.63, 3.8) is 0 Å². The number of carbonyl (C=O) groups is 2. The second kappa shape index (κ2) is 4.20. The minimum absolute atomic E-state index is 0.0508. The Hall–Kier alpha value is -1.84. The van der Waals surface area contributed by atoms with Gasteiger partial charge in [0.05, 0.1) is 6.04 Å². The van der Waals surface area contributed by atoms with Crippen LogP contribution in [0.4, 0.5) is 0 Å². The van der Waals surface area contributed by atoms with E-state index in [4.69, 9.17) is 0 Å². The SMILES string of the molecule is Cc1cccc(C2CN(C)C(=O)C(=O)N2C)c1. The number of benzene rings is 1. The van der Waals surface area contributed by atoms with Gasteiger partial charge < -0.3 is 9.80 Å². The molecule has 1 fully saturated rings. The van der Waals surface area contributed by atoms with Crippen molar-refractivity contribution in [3.8, 4) is 0 Å². The highest BCUT2D eigenvalue weighted by Crippen LogP contribution is 2.24. The number of piperazine rings is 1. The summed E-state index contributed by atoms with van der Waals surface area (Å²) in [6.07, 6.45) is 0. The third-order valence-corrected chi connectivity index (χ3v) is 3.19. The molecular weight excluding hydrogens is 216 g/mol. The molecule has 1 unspecified atom stereocenters. The lowest BCUT2D eigenvalue weighted by Crippen LogP contribution is -2.52. The van der Waals surface area contributed by atoms with Crippen LogP contribution in [0.15, 0.2) is 24.3 Å². The molecule has 1 aliphatic heterocycles. The Kier molecular flexibility index (Phi) is 2.88. The zero-order valence-corrected chi connectivity index (χ0v) is 10.3. The molecular formula is C13H16N2O2. The monoisotopic (exact) mass is 232 g/mol.